The summed E-state index contributed by atoms with van der Waals surface area (Å²) in [6, 6.07) is -35.6. The van der Waals surface area contributed by atoms with Crippen molar-refractivity contribution in [1.82, 2.24) is 13.7 Å². The quantitative estimate of drug-likeness (QED) is 0.166. The molecule has 12 aromatic rings. The van der Waals surface area contributed by atoms with E-state index in [9.17, 15) is 21.9 Å². The number of benzene rings is 9. The molecule has 266 valence electrons. The average Bonchev–Trinajstić information content (AvgIpc) is 1.51. The Kier molecular flexibility index (Phi) is 2.78. The molecule has 0 aliphatic rings. The first kappa shape index (κ1) is 12.7. The minimum Gasteiger partial charge on any atom is -0.309 e. The Hall–Kier alpha value is -7.62. The molecule has 0 amide bonds. The Morgan fingerprint density at radius 3 is 1.37 bits per heavy atom. The van der Waals surface area contributed by atoms with Crippen molar-refractivity contribution in [2.45, 2.75) is 0 Å². The molecule has 0 N–H and O–H groups in total. The zero-order valence-corrected chi connectivity index (χ0v) is 28.3. The van der Waals surface area contributed by atoms with E-state index < -0.39 is 316 Å². The number of hydrogen-bond acceptors (Lipinski definition) is 0. The van der Waals surface area contributed by atoms with Crippen molar-refractivity contribution in [2.75, 3.05) is 0 Å². The highest BCUT2D eigenvalue weighted by Gasteiger charge is 2.21. The number of para-hydroxylation sites is 5. The van der Waals surface area contributed by atoms with Gasteiger partial charge in [0, 0.05) is 43.7 Å². The highest BCUT2D eigenvalue weighted by atomic mass is 15.1. The van der Waals surface area contributed by atoms with Crippen LogP contribution in [-0.4, -0.2) is 13.7 Å². The van der Waals surface area contributed by atoms with Gasteiger partial charge in [-0.25, -0.2) is 0 Å². The fourth-order valence-corrected chi connectivity index (χ4v) is 6.93. The van der Waals surface area contributed by atoms with Crippen LogP contribution >= 0.6 is 0 Å². The zero-order chi connectivity index (χ0) is 67.9. The van der Waals surface area contributed by atoms with Gasteiger partial charge in [-0.15, -0.1) is 0 Å². The Labute approximate surface area is 378 Å². The van der Waals surface area contributed by atoms with E-state index in [-0.39, 0.29) is 0 Å². The van der Waals surface area contributed by atoms with Crippen LogP contribution in [0, 0.1) is 0 Å². The number of aromatic nitrogens is 3. The maximum atomic E-state index is 10.3. The number of rotatable bonds is 5. The molecule has 12 rings (SSSR count). The summed E-state index contributed by atoms with van der Waals surface area (Å²) < 4.78 is 322. The maximum absolute atomic E-state index is 10.3. The maximum Gasteiger partial charge on any atom is 0.0782 e. The summed E-state index contributed by atoms with van der Waals surface area (Å²) in [7, 11) is 0. The molecule has 0 atom stereocenters. The van der Waals surface area contributed by atoms with Crippen molar-refractivity contribution >= 4 is 65.4 Å². The zero-order valence-electron chi connectivity index (χ0n) is 63.3. The van der Waals surface area contributed by atoms with Gasteiger partial charge in [0.15, 0.2) is 0 Å². The third kappa shape index (κ3) is 4.79. The van der Waals surface area contributed by atoms with Crippen LogP contribution in [0.1, 0.15) is 48.0 Å². The van der Waals surface area contributed by atoms with Gasteiger partial charge in [-0.1, -0.05) is 151 Å². The number of fused-ring (bicyclic) bond motifs is 9. The molecule has 9 aromatic carbocycles. The van der Waals surface area contributed by atoms with Crippen LogP contribution in [0.2, 0.25) is 0 Å². The van der Waals surface area contributed by atoms with Crippen LogP contribution in [-0.2, 0) is 0 Å². The van der Waals surface area contributed by atoms with Crippen LogP contribution < -0.4 is 0 Å². The van der Waals surface area contributed by atoms with Crippen molar-refractivity contribution in [3.63, 3.8) is 0 Å². The topological polar surface area (TPSA) is 14.8 Å². The van der Waals surface area contributed by atoms with Crippen LogP contribution in [0.15, 0.2) is 211 Å². The minimum absolute atomic E-state index is 0.568. The molecule has 3 heteroatoms. The molecule has 0 radical (unpaired) electrons. The lowest BCUT2D eigenvalue weighted by Crippen LogP contribution is -2.01. The monoisotopic (exact) mass is 761 g/mol. The first-order chi connectivity index (χ1) is 42.9. The van der Waals surface area contributed by atoms with Crippen molar-refractivity contribution in [2.24, 2.45) is 0 Å². The van der Waals surface area contributed by atoms with Crippen LogP contribution in [0.25, 0.3) is 105 Å². The third-order valence-electron chi connectivity index (χ3n) is 9.28. The predicted octanol–water partition coefficient (Wildman–Crippen LogP) is 14.3. The summed E-state index contributed by atoms with van der Waals surface area (Å²) in [5, 5.41) is -4.07. The van der Waals surface area contributed by atoms with E-state index in [0.717, 1.165) is 4.57 Å². The summed E-state index contributed by atoms with van der Waals surface area (Å²) >= 11 is 0. The standard InChI is InChI=1S/C54H35N3/c1-2-14-36(15-3-1)37-28-30-38(31-29-37)39-16-12-17-40(34-39)55-48-23-8-7-21-45(48)47-35-41(32-33-52(47)55)56-49-24-9-6-20-44(49)46-22-13-27-53(54(46)56)57-50-25-10-4-18-42(50)43-19-5-11-26-51(43)57/h1-35H/i1D,2D,3D,4D,5D,6D,7D,8D,9D,10D,11D,12D,13D,14D,15D,16D,17D,18D,19D,20D,21D,22D,23D,24D,25D,26D,27D,28D,29D,30D,31D,32D,33D,34D,35D. The lowest BCUT2D eigenvalue weighted by molar-refractivity contribution is 1.13. The van der Waals surface area contributed by atoms with Gasteiger partial charge in [0.1, 0.15) is 0 Å². The minimum atomic E-state index is -1.22. The van der Waals surface area contributed by atoms with E-state index in [1.165, 1.54) is 0 Å². The van der Waals surface area contributed by atoms with Crippen LogP contribution in [0.5, 0.6) is 0 Å². The van der Waals surface area contributed by atoms with E-state index in [0.29, 0.717) is 9.13 Å². The molecule has 0 aliphatic carbocycles. The largest absolute Gasteiger partial charge is 0.309 e. The van der Waals surface area contributed by atoms with Crippen molar-refractivity contribution in [1.29, 1.82) is 0 Å². The molecular formula is C54H35N3. The molecule has 0 saturated carbocycles. The second-order valence-corrected chi connectivity index (χ2v) is 12.3. The van der Waals surface area contributed by atoms with E-state index in [1.54, 1.807) is 0 Å². The van der Waals surface area contributed by atoms with Crippen molar-refractivity contribution in [3.8, 4) is 39.3 Å². The van der Waals surface area contributed by atoms with Crippen molar-refractivity contribution < 1.29 is 48.0 Å². The summed E-state index contributed by atoms with van der Waals surface area (Å²) in [5.41, 5.74) is -11.0. The molecule has 3 aromatic heterocycles. The molecule has 0 aliphatic heterocycles. The Bertz CT molecular complexity index is 5450. The first-order valence-electron chi connectivity index (χ1n) is 34.3. The highest BCUT2D eigenvalue weighted by molar-refractivity contribution is 6.16. The Morgan fingerprint density at radius 2 is 0.702 bits per heavy atom. The SMILES string of the molecule is [2H]c1c([2H])c([2H])c(-c2c([2H])c([2H])c(-c3c([2H])c([2H])c([2H])c(-n4c5c([2H])c([2H])c([2H])c([2H])c5c5c([2H])c(-n6c7c([2H])c([2H])c([2H])c([2H])c7c7c([2H])c([2H])c([2H])c(-n8c9c([2H])c([2H])c([2H])c([2H])c9c9c([2H])c([2H])c([2H])c([2H])c98)c76)c([2H])c([2H])c54)c3[2H])c([2H])c2[2H])c([2H])c1[2H]. The molecular weight excluding hydrogens is 691 g/mol. The fraction of sp³-hybridized carbons (Fsp3) is 0. The molecule has 0 saturated heterocycles. The summed E-state index contributed by atoms with van der Waals surface area (Å²) in [5.74, 6) is 0. The van der Waals surface area contributed by atoms with E-state index >= 15 is 0 Å². The van der Waals surface area contributed by atoms with Gasteiger partial charge < -0.3 is 13.7 Å². The average molecular weight is 761 g/mol. The van der Waals surface area contributed by atoms with E-state index in [2.05, 4.69) is 0 Å². The second-order valence-electron chi connectivity index (χ2n) is 12.3. The molecule has 57 heavy (non-hydrogen) atoms. The second kappa shape index (κ2) is 12.5. The molecule has 3 heterocycles. The first-order valence-corrected chi connectivity index (χ1v) is 16.8. The number of nitrogens with zero attached hydrogens (tertiary/aromatic N) is 3. The molecule has 0 bridgehead atoms. The summed E-state index contributed by atoms with van der Waals surface area (Å²) in [6.07, 6.45) is 0. The van der Waals surface area contributed by atoms with Gasteiger partial charge in [-0.2, -0.15) is 0 Å². The van der Waals surface area contributed by atoms with E-state index in [4.69, 9.17) is 26.0 Å². The normalized spacial score (nSPS) is 20.5. The van der Waals surface area contributed by atoms with Gasteiger partial charge in [-0.3, -0.25) is 0 Å². The van der Waals surface area contributed by atoms with Crippen molar-refractivity contribution in [3.05, 3.63) is 211 Å². The fourth-order valence-electron chi connectivity index (χ4n) is 6.93. The molecule has 3 nitrogen and oxygen atoms in total. The third-order valence-corrected chi connectivity index (χ3v) is 9.28. The van der Waals surface area contributed by atoms with Gasteiger partial charge in [0.05, 0.1) is 86.8 Å². The lowest BCUT2D eigenvalue weighted by atomic mass is 10.00. The lowest BCUT2D eigenvalue weighted by Gasteiger charge is -2.15. The molecule has 0 spiro atoms. The smallest absolute Gasteiger partial charge is 0.0782 e. The molecule has 0 unspecified atom stereocenters. The van der Waals surface area contributed by atoms with Gasteiger partial charge in [0.2, 0.25) is 0 Å². The summed E-state index contributed by atoms with van der Waals surface area (Å²) in [6.45, 7) is 0. The van der Waals surface area contributed by atoms with E-state index in [1.807, 2.05) is 0 Å². The molecule has 0 fully saturated rings. The van der Waals surface area contributed by atoms with Gasteiger partial charge in [-0.05, 0) is 82.7 Å². The number of hydrogen-bond donors (Lipinski definition) is 0. The highest BCUT2D eigenvalue weighted by Crippen LogP contribution is 2.41. The Morgan fingerprint density at radius 1 is 0.263 bits per heavy atom. The van der Waals surface area contributed by atoms with Crippen LogP contribution in [0.4, 0.5) is 0 Å². The Balaban J connectivity index is 1.31. The van der Waals surface area contributed by atoms with Crippen LogP contribution in [0.3, 0.4) is 0 Å². The summed E-state index contributed by atoms with van der Waals surface area (Å²) in [4.78, 5) is 0. The predicted molar refractivity (Wildman–Crippen MR) is 240 cm³/mol. The van der Waals surface area contributed by atoms with Gasteiger partial charge in [0.25, 0.3) is 0 Å². The van der Waals surface area contributed by atoms with Gasteiger partial charge >= 0.3 is 0 Å².